The molecule has 1 aliphatic heterocycles. The topological polar surface area (TPSA) is 41.6 Å². The van der Waals surface area contributed by atoms with Crippen LogP contribution in [0.2, 0.25) is 0 Å². The third-order valence-corrected chi connectivity index (χ3v) is 5.13. The maximum absolute atomic E-state index is 12.7. The number of piperazine rings is 1. The van der Waals surface area contributed by atoms with Crippen molar-refractivity contribution in [3.63, 3.8) is 0 Å². The Morgan fingerprint density at radius 2 is 2.05 bits per heavy atom. The lowest BCUT2D eigenvalue weighted by molar-refractivity contribution is -0.168. The molecular weight excluding hydrogens is 240 g/mol. The van der Waals surface area contributed by atoms with Gasteiger partial charge in [0.25, 0.3) is 0 Å². The molecule has 0 aromatic heterocycles. The van der Waals surface area contributed by atoms with E-state index < -0.39 is 0 Å². The van der Waals surface area contributed by atoms with Gasteiger partial charge in [0, 0.05) is 26.2 Å². The summed E-state index contributed by atoms with van der Waals surface area (Å²) in [5.41, 5.74) is -0.379. The molecule has 2 fully saturated rings. The molecule has 2 aliphatic rings. The summed E-state index contributed by atoms with van der Waals surface area (Å²) in [6.45, 7) is 10.8. The summed E-state index contributed by atoms with van der Waals surface area (Å²) in [7, 11) is 0. The van der Waals surface area contributed by atoms with Crippen LogP contribution in [0.25, 0.3) is 0 Å². The molecule has 0 aromatic carbocycles. The smallest absolute Gasteiger partial charge is 0.326 e. The Balaban J connectivity index is 2.27. The van der Waals surface area contributed by atoms with Gasteiger partial charge in [0.05, 0.1) is 6.61 Å². The molecule has 0 radical (unpaired) electrons. The predicted octanol–water partition coefficient (Wildman–Crippen LogP) is 1.65. The summed E-state index contributed by atoms with van der Waals surface area (Å²) in [5.74, 6) is 0.974. The largest absolute Gasteiger partial charge is 0.465 e. The minimum absolute atomic E-state index is 0.0101. The molecule has 0 aromatic rings. The zero-order chi connectivity index (χ0) is 13.9. The number of hydrogen-bond donors (Lipinski definition) is 1. The second kappa shape index (κ2) is 6.23. The molecule has 3 unspecified atom stereocenters. The van der Waals surface area contributed by atoms with Crippen LogP contribution in [-0.2, 0) is 9.53 Å². The van der Waals surface area contributed by atoms with Crippen molar-refractivity contribution in [3.05, 3.63) is 0 Å². The molecule has 0 spiro atoms. The van der Waals surface area contributed by atoms with Crippen LogP contribution in [0.5, 0.6) is 0 Å². The highest BCUT2D eigenvalue weighted by Crippen LogP contribution is 2.42. The summed E-state index contributed by atoms with van der Waals surface area (Å²) >= 11 is 0. The lowest BCUT2D eigenvalue weighted by Gasteiger charge is -2.51. The van der Waals surface area contributed by atoms with Crippen molar-refractivity contribution in [1.82, 2.24) is 10.2 Å². The first kappa shape index (κ1) is 14.8. The Morgan fingerprint density at radius 1 is 1.37 bits per heavy atom. The molecule has 3 atom stereocenters. The number of carbonyl (C=O) groups is 1. The van der Waals surface area contributed by atoms with E-state index in [1.54, 1.807) is 0 Å². The summed E-state index contributed by atoms with van der Waals surface area (Å²) < 4.78 is 5.46. The molecule has 0 amide bonds. The Labute approximate surface area is 116 Å². The predicted molar refractivity (Wildman–Crippen MR) is 76.0 cm³/mol. The van der Waals surface area contributed by atoms with E-state index in [1.165, 1.54) is 6.42 Å². The SMILES string of the molecule is CCOC(=O)C1(N2CCNCC2)CCCC(C)C1C. The van der Waals surface area contributed by atoms with E-state index in [9.17, 15) is 4.79 Å². The molecule has 1 saturated carbocycles. The quantitative estimate of drug-likeness (QED) is 0.790. The second-order valence-corrected chi connectivity index (χ2v) is 6.04. The maximum Gasteiger partial charge on any atom is 0.326 e. The summed E-state index contributed by atoms with van der Waals surface area (Å²) in [6, 6.07) is 0. The van der Waals surface area contributed by atoms with Gasteiger partial charge in [-0.1, -0.05) is 26.7 Å². The number of esters is 1. The van der Waals surface area contributed by atoms with Gasteiger partial charge in [0.1, 0.15) is 5.54 Å². The third kappa shape index (κ3) is 2.65. The lowest BCUT2D eigenvalue weighted by atomic mass is 9.67. The highest BCUT2D eigenvalue weighted by molar-refractivity contribution is 5.81. The van der Waals surface area contributed by atoms with Crippen LogP contribution in [0.4, 0.5) is 0 Å². The van der Waals surface area contributed by atoms with Crippen molar-refractivity contribution in [2.75, 3.05) is 32.8 Å². The van der Waals surface area contributed by atoms with Gasteiger partial charge < -0.3 is 10.1 Å². The molecule has 4 nitrogen and oxygen atoms in total. The fraction of sp³-hybridized carbons (Fsp3) is 0.933. The normalized spacial score (nSPS) is 37.0. The fourth-order valence-corrected chi connectivity index (χ4v) is 3.82. The van der Waals surface area contributed by atoms with Gasteiger partial charge in [0.2, 0.25) is 0 Å². The van der Waals surface area contributed by atoms with E-state index in [-0.39, 0.29) is 11.5 Å². The van der Waals surface area contributed by atoms with E-state index in [0.29, 0.717) is 18.4 Å². The Kier molecular flexibility index (Phi) is 4.85. The van der Waals surface area contributed by atoms with Crippen LogP contribution in [0.3, 0.4) is 0 Å². The van der Waals surface area contributed by atoms with E-state index >= 15 is 0 Å². The fourth-order valence-electron chi connectivity index (χ4n) is 3.82. The van der Waals surface area contributed by atoms with Crippen LogP contribution in [-0.4, -0.2) is 49.2 Å². The average Bonchev–Trinajstić information content (AvgIpc) is 2.43. The molecule has 4 heteroatoms. The molecule has 1 aliphatic carbocycles. The number of nitrogens with one attached hydrogen (secondary N) is 1. The minimum Gasteiger partial charge on any atom is -0.465 e. The van der Waals surface area contributed by atoms with E-state index in [4.69, 9.17) is 4.74 Å². The molecule has 110 valence electrons. The molecule has 19 heavy (non-hydrogen) atoms. The zero-order valence-electron chi connectivity index (χ0n) is 12.6. The van der Waals surface area contributed by atoms with Gasteiger partial charge in [0.15, 0.2) is 0 Å². The van der Waals surface area contributed by atoms with Crippen molar-refractivity contribution in [1.29, 1.82) is 0 Å². The number of carbonyl (C=O) groups excluding carboxylic acids is 1. The number of hydrogen-bond acceptors (Lipinski definition) is 4. The monoisotopic (exact) mass is 268 g/mol. The highest BCUT2D eigenvalue weighted by Gasteiger charge is 2.52. The van der Waals surface area contributed by atoms with Crippen molar-refractivity contribution in [2.45, 2.75) is 45.6 Å². The van der Waals surface area contributed by atoms with Crippen LogP contribution >= 0.6 is 0 Å². The average molecular weight is 268 g/mol. The Morgan fingerprint density at radius 3 is 2.68 bits per heavy atom. The lowest BCUT2D eigenvalue weighted by Crippen LogP contribution is -2.65. The molecule has 2 rings (SSSR count). The van der Waals surface area contributed by atoms with Gasteiger partial charge in [-0.2, -0.15) is 0 Å². The second-order valence-electron chi connectivity index (χ2n) is 6.04. The molecule has 1 saturated heterocycles. The zero-order valence-corrected chi connectivity index (χ0v) is 12.6. The Hall–Kier alpha value is -0.610. The Bertz CT molecular complexity index is 315. The molecule has 1 N–H and O–H groups in total. The van der Waals surface area contributed by atoms with Crippen molar-refractivity contribution in [2.24, 2.45) is 11.8 Å². The van der Waals surface area contributed by atoms with Crippen LogP contribution in [0, 0.1) is 11.8 Å². The highest BCUT2D eigenvalue weighted by atomic mass is 16.5. The standard InChI is InChI=1S/C15H28N2O2/c1-4-19-14(18)15(17-10-8-16-9-11-17)7-5-6-12(2)13(15)3/h12-13,16H,4-11H2,1-3H3. The van der Waals surface area contributed by atoms with Crippen molar-refractivity contribution >= 4 is 5.97 Å². The summed E-state index contributed by atoms with van der Waals surface area (Å²) in [4.78, 5) is 15.1. The maximum atomic E-state index is 12.7. The first-order valence-electron chi connectivity index (χ1n) is 7.76. The van der Waals surface area contributed by atoms with Gasteiger partial charge in [-0.3, -0.25) is 9.69 Å². The van der Waals surface area contributed by atoms with E-state index in [1.807, 2.05) is 6.92 Å². The van der Waals surface area contributed by atoms with Gasteiger partial charge in [-0.05, 0) is 25.2 Å². The minimum atomic E-state index is -0.379. The summed E-state index contributed by atoms with van der Waals surface area (Å²) in [6.07, 6.45) is 3.32. The van der Waals surface area contributed by atoms with Gasteiger partial charge in [-0.25, -0.2) is 0 Å². The van der Waals surface area contributed by atoms with Crippen LogP contribution in [0.15, 0.2) is 0 Å². The van der Waals surface area contributed by atoms with E-state index in [2.05, 4.69) is 24.1 Å². The molecule has 0 bridgehead atoms. The van der Waals surface area contributed by atoms with Crippen molar-refractivity contribution in [3.8, 4) is 0 Å². The van der Waals surface area contributed by atoms with Crippen LogP contribution < -0.4 is 5.32 Å². The molecule has 1 heterocycles. The first-order valence-corrected chi connectivity index (χ1v) is 7.76. The first-order chi connectivity index (χ1) is 9.13. The van der Waals surface area contributed by atoms with Crippen molar-refractivity contribution < 1.29 is 9.53 Å². The molecular formula is C15H28N2O2. The van der Waals surface area contributed by atoms with Gasteiger partial charge >= 0.3 is 5.97 Å². The van der Waals surface area contributed by atoms with Gasteiger partial charge in [-0.15, -0.1) is 0 Å². The summed E-state index contributed by atoms with van der Waals surface area (Å²) in [5, 5.41) is 3.37. The van der Waals surface area contributed by atoms with E-state index in [0.717, 1.165) is 39.0 Å². The third-order valence-electron chi connectivity index (χ3n) is 5.13. The number of nitrogens with zero attached hydrogens (tertiary/aromatic N) is 1. The number of rotatable bonds is 3. The van der Waals surface area contributed by atoms with Crippen LogP contribution in [0.1, 0.15) is 40.0 Å². The number of ether oxygens (including phenoxy) is 1.